The van der Waals surface area contributed by atoms with Crippen LogP contribution in [0.5, 0.6) is 11.5 Å². The molecule has 0 unspecified atom stereocenters. The Bertz CT molecular complexity index is 1060. The van der Waals surface area contributed by atoms with Crippen LogP contribution in [-0.4, -0.2) is 10.2 Å². The second kappa shape index (κ2) is 4.88. The molecular formula is C21H18O2. The third-order valence-electron chi connectivity index (χ3n) is 4.63. The average Bonchev–Trinajstić information content (AvgIpc) is 2.54. The Labute approximate surface area is 134 Å². The van der Waals surface area contributed by atoms with Crippen molar-refractivity contribution in [1.29, 1.82) is 0 Å². The molecule has 0 saturated heterocycles. The number of hydrogen-bond acceptors (Lipinski definition) is 2. The number of phenolic OH excluding ortho intramolecular Hbond substituents is 2. The van der Waals surface area contributed by atoms with E-state index in [9.17, 15) is 10.2 Å². The van der Waals surface area contributed by atoms with Crippen molar-refractivity contribution in [2.24, 2.45) is 0 Å². The minimum Gasteiger partial charge on any atom is -0.507 e. The smallest absolute Gasteiger partial charge is 0.124 e. The normalized spacial score (nSPS) is 11.8. The molecule has 0 aromatic heterocycles. The van der Waals surface area contributed by atoms with Crippen molar-refractivity contribution >= 4 is 32.3 Å². The highest BCUT2D eigenvalue weighted by molar-refractivity contribution is 6.20. The molecule has 0 heterocycles. The molecule has 2 N–H and O–H groups in total. The van der Waals surface area contributed by atoms with Gasteiger partial charge in [-0.3, -0.25) is 0 Å². The number of fused-ring (bicyclic) bond motifs is 5. The highest BCUT2D eigenvalue weighted by Crippen LogP contribution is 2.40. The Morgan fingerprint density at radius 3 is 2.09 bits per heavy atom. The molecule has 23 heavy (non-hydrogen) atoms. The molecule has 114 valence electrons. The van der Waals surface area contributed by atoms with E-state index in [1.807, 2.05) is 36.4 Å². The fraction of sp³-hybridized carbons (Fsp3) is 0.143. The maximum Gasteiger partial charge on any atom is 0.124 e. The van der Waals surface area contributed by atoms with E-state index in [0.717, 1.165) is 32.3 Å². The van der Waals surface area contributed by atoms with Crippen molar-refractivity contribution in [1.82, 2.24) is 0 Å². The first-order valence-corrected chi connectivity index (χ1v) is 7.87. The quantitative estimate of drug-likeness (QED) is 0.444. The van der Waals surface area contributed by atoms with Gasteiger partial charge < -0.3 is 10.2 Å². The lowest BCUT2D eigenvalue weighted by molar-refractivity contribution is 0.481. The zero-order valence-electron chi connectivity index (χ0n) is 13.2. The van der Waals surface area contributed by atoms with Gasteiger partial charge >= 0.3 is 0 Å². The van der Waals surface area contributed by atoms with Gasteiger partial charge in [-0.1, -0.05) is 56.3 Å². The topological polar surface area (TPSA) is 40.5 Å². The first kappa shape index (κ1) is 13.9. The first-order valence-electron chi connectivity index (χ1n) is 7.87. The monoisotopic (exact) mass is 302 g/mol. The van der Waals surface area contributed by atoms with Gasteiger partial charge in [-0.05, 0) is 45.2 Å². The molecule has 0 radical (unpaired) electrons. The third kappa shape index (κ3) is 1.95. The summed E-state index contributed by atoms with van der Waals surface area (Å²) in [5.41, 5.74) is 1.22. The molecule has 0 bridgehead atoms. The molecule has 0 aliphatic rings. The van der Waals surface area contributed by atoms with Crippen LogP contribution in [0.25, 0.3) is 32.3 Å². The molecule has 4 rings (SSSR count). The predicted octanol–water partition coefficient (Wildman–Crippen LogP) is 5.68. The lowest BCUT2D eigenvalue weighted by Crippen LogP contribution is -1.91. The van der Waals surface area contributed by atoms with Crippen molar-refractivity contribution in [3.05, 3.63) is 60.2 Å². The summed E-state index contributed by atoms with van der Waals surface area (Å²) in [7, 11) is 0. The first-order chi connectivity index (χ1) is 11.1. The maximum absolute atomic E-state index is 10.5. The Morgan fingerprint density at radius 2 is 1.30 bits per heavy atom. The Hall–Kier alpha value is -2.74. The number of rotatable bonds is 1. The number of aromatic hydroxyl groups is 2. The van der Waals surface area contributed by atoms with E-state index in [4.69, 9.17) is 0 Å². The van der Waals surface area contributed by atoms with E-state index in [1.165, 1.54) is 5.56 Å². The summed E-state index contributed by atoms with van der Waals surface area (Å²) in [4.78, 5) is 0. The van der Waals surface area contributed by atoms with Crippen LogP contribution in [0.2, 0.25) is 0 Å². The fourth-order valence-corrected chi connectivity index (χ4v) is 3.54. The van der Waals surface area contributed by atoms with Crippen molar-refractivity contribution < 1.29 is 10.2 Å². The van der Waals surface area contributed by atoms with Gasteiger partial charge in [-0.2, -0.15) is 0 Å². The largest absolute Gasteiger partial charge is 0.507 e. The standard InChI is InChI=1S/C21H18O2/c1-12(2)14-10-11-19(23)21-15(14)8-9-16-17(21)7-6-13-4-3-5-18(22)20(13)16/h3-12,22-23H,1-2H3. The third-order valence-corrected chi connectivity index (χ3v) is 4.63. The summed E-state index contributed by atoms with van der Waals surface area (Å²) in [5, 5.41) is 26.4. The molecule has 0 fully saturated rings. The molecule has 0 amide bonds. The van der Waals surface area contributed by atoms with E-state index >= 15 is 0 Å². The van der Waals surface area contributed by atoms with Crippen molar-refractivity contribution in [3.8, 4) is 11.5 Å². The van der Waals surface area contributed by atoms with Gasteiger partial charge in [-0.15, -0.1) is 0 Å². The molecule has 4 aromatic carbocycles. The van der Waals surface area contributed by atoms with Crippen molar-refractivity contribution in [3.63, 3.8) is 0 Å². The van der Waals surface area contributed by atoms with E-state index in [2.05, 4.69) is 19.9 Å². The van der Waals surface area contributed by atoms with Gasteiger partial charge in [0.05, 0.1) is 0 Å². The highest BCUT2D eigenvalue weighted by Gasteiger charge is 2.13. The van der Waals surface area contributed by atoms with Crippen LogP contribution in [0.1, 0.15) is 25.3 Å². The summed E-state index contributed by atoms with van der Waals surface area (Å²) >= 11 is 0. The van der Waals surface area contributed by atoms with Crippen LogP contribution in [0.15, 0.2) is 54.6 Å². The van der Waals surface area contributed by atoms with E-state index in [-0.39, 0.29) is 11.5 Å². The second-order valence-corrected chi connectivity index (χ2v) is 6.35. The van der Waals surface area contributed by atoms with Crippen LogP contribution >= 0.6 is 0 Å². The van der Waals surface area contributed by atoms with Crippen LogP contribution < -0.4 is 0 Å². The van der Waals surface area contributed by atoms with E-state index < -0.39 is 0 Å². The van der Waals surface area contributed by atoms with Crippen LogP contribution in [-0.2, 0) is 0 Å². The second-order valence-electron chi connectivity index (χ2n) is 6.35. The van der Waals surface area contributed by atoms with Crippen molar-refractivity contribution in [2.75, 3.05) is 0 Å². The lowest BCUT2D eigenvalue weighted by atomic mass is 9.91. The molecule has 0 aliphatic carbocycles. The van der Waals surface area contributed by atoms with Gasteiger partial charge in [0.1, 0.15) is 11.5 Å². The summed E-state index contributed by atoms with van der Waals surface area (Å²) in [6.45, 7) is 4.31. The predicted molar refractivity (Wildman–Crippen MR) is 96.4 cm³/mol. The minimum absolute atomic E-state index is 0.270. The highest BCUT2D eigenvalue weighted by atomic mass is 16.3. The molecular weight excluding hydrogens is 284 g/mol. The Kier molecular flexibility index (Phi) is 2.95. The summed E-state index contributed by atoms with van der Waals surface area (Å²) in [5.74, 6) is 0.932. The summed E-state index contributed by atoms with van der Waals surface area (Å²) < 4.78 is 0. The lowest BCUT2D eigenvalue weighted by Gasteiger charge is -2.14. The van der Waals surface area contributed by atoms with Gasteiger partial charge in [-0.25, -0.2) is 0 Å². The number of phenols is 2. The number of hydrogen-bond donors (Lipinski definition) is 2. The maximum atomic E-state index is 10.5. The zero-order chi connectivity index (χ0) is 16.1. The van der Waals surface area contributed by atoms with E-state index in [0.29, 0.717) is 5.92 Å². The average molecular weight is 302 g/mol. The molecule has 0 saturated carbocycles. The van der Waals surface area contributed by atoms with Gasteiger partial charge in [0.2, 0.25) is 0 Å². The Morgan fingerprint density at radius 1 is 0.652 bits per heavy atom. The van der Waals surface area contributed by atoms with Gasteiger partial charge in [0, 0.05) is 10.8 Å². The SMILES string of the molecule is CC(C)c1ccc(O)c2c1ccc1c2ccc2cccc(O)c21. The van der Waals surface area contributed by atoms with Crippen LogP contribution in [0.3, 0.4) is 0 Å². The van der Waals surface area contributed by atoms with E-state index in [1.54, 1.807) is 12.1 Å². The van der Waals surface area contributed by atoms with Crippen LogP contribution in [0.4, 0.5) is 0 Å². The molecule has 2 heteroatoms. The van der Waals surface area contributed by atoms with Gasteiger partial charge in [0.15, 0.2) is 0 Å². The molecule has 0 spiro atoms. The van der Waals surface area contributed by atoms with Crippen LogP contribution in [0, 0.1) is 0 Å². The fourth-order valence-electron chi connectivity index (χ4n) is 3.54. The molecule has 0 aliphatic heterocycles. The van der Waals surface area contributed by atoms with Crippen molar-refractivity contribution in [2.45, 2.75) is 19.8 Å². The van der Waals surface area contributed by atoms with Gasteiger partial charge in [0.25, 0.3) is 0 Å². The molecule has 0 atom stereocenters. The molecule has 4 aromatic rings. The molecule has 2 nitrogen and oxygen atoms in total. The minimum atomic E-state index is 0.270. The summed E-state index contributed by atoms with van der Waals surface area (Å²) in [6, 6.07) is 17.4. The summed E-state index contributed by atoms with van der Waals surface area (Å²) in [6.07, 6.45) is 0. The number of benzene rings is 4. The Balaban J connectivity index is 2.26. The zero-order valence-corrected chi connectivity index (χ0v) is 13.2.